The molecule has 3 aromatic rings. The molecular weight excluding hydrogens is 282 g/mol. The zero-order valence-electron chi connectivity index (χ0n) is 12.9. The minimum absolute atomic E-state index is 0.209. The number of fused-ring (bicyclic) bond motifs is 5. The Hall–Kier alpha value is -2.32. The summed E-state index contributed by atoms with van der Waals surface area (Å²) in [6, 6.07) is 24.2. The van der Waals surface area contributed by atoms with Gasteiger partial charge in [-0.25, -0.2) is 0 Å². The molecule has 2 aliphatic heterocycles. The second kappa shape index (κ2) is 5.10. The molecule has 2 heterocycles. The summed E-state index contributed by atoms with van der Waals surface area (Å²) in [6.07, 6.45) is 1.32. The highest BCUT2D eigenvalue weighted by molar-refractivity contribution is 5.96. The van der Waals surface area contributed by atoms with Crippen LogP contribution in [0.1, 0.15) is 29.7 Å². The van der Waals surface area contributed by atoms with E-state index in [4.69, 9.17) is 4.74 Å². The highest BCUT2D eigenvalue weighted by atomic mass is 16.5. The van der Waals surface area contributed by atoms with E-state index in [1.165, 1.54) is 27.6 Å². The molecule has 3 atom stereocenters. The van der Waals surface area contributed by atoms with E-state index in [-0.39, 0.29) is 6.10 Å². The zero-order chi connectivity index (χ0) is 15.2. The Labute approximate surface area is 136 Å². The van der Waals surface area contributed by atoms with E-state index in [9.17, 15) is 0 Å². The highest BCUT2D eigenvalue weighted by Gasteiger charge is 2.41. The molecule has 3 aromatic carbocycles. The summed E-state index contributed by atoms with van der Waals surface area (Å²) < 4.78 is 6.14. The molecule has 1 saturated heterocycles. The van der Waals surface area contributed by atoms with E-state index in [2.05, 4.69) is 72.0 Å². The van der Waals surface area contributed by atoms with Crippen molar-refractivity contribution in [2.75, 3.05) is 11.9 Å². The highest BCUT2D eigenvalue weighted by Crippen LogP contribution is 2.51. The summed E-state index contributed by atoms with van der Waals surface area (Å²) in [5, 5.41) is 6.42. The number of nitrogens with one attached hydrogen (secondary N) is 1. The van der Waals surface area contributed by atoms with Gasteiger partial charge in [-0.2, -0.15) is 0 Å². The zero-order valence-corrected chi connectivity index (χ0v) is 12.9. The van der Waals surface area contributed by atoms with Gasteiger partial charge in [0.15, 0.2) is 0 Å². The van der Waals surface area contributed by atoms with Crippen LogP contribution < -0.4 is 5.32 Å². The minimum Gasteiger partial charge on any atom is -0.377 e. The SMILES string of the molecule is c1ccc([C@@H]2Nc3c(ccc4ccccc34)[C@H]3OCC[C@H]32)cc1. The standard InChI is InChI=1S/C21H19NO/c1-2-7-15(8-3-1)19-18-12-13-23-21(18)17-11-10-14-6-4-5-9-16(14)20(17)22-19/h1-11,18-19,21-22H,12-13H2/t18-,19-,21+/m0/s1. The van der Waals surface area contributed by atoms with Crippen LogP contribution in [0.5, 0.6) is 0 Å². The van der Waals surface area contributed by atoms with Crippen molar-refractivity contribution in [1.82, 2.24) is 0 Å². The van der Waals surface area contributed by atoms with E-state index in [1.54, 1.807) is 0 Å². The lowest BCUT2D eigenvalue weighted by Gasteiger charge is -2.37. The number of hydrogen-bond donors (Lipinski definition) is 1. The fraction of sp³-hybridized carbons (Fsp3) is 0.238. The van der Waals surface area contributed by atoms with Crippen molar-refractivity contribution in [1.29, 1.82) is 0 Å². The van der Waals surface area contributed by atoms with Crippen molar-refractivity contribution < 1.29 is 4.74 Å². The monoisotopic (exact) mass is 301 g/mol. The van der Waals surface area contributed by atoms with Gasteiger partial charge in [0.25, 0.3) is 0 Å². The Morgan fingerprint density at radius 1 is 0.870 bits per heavy atom. The third-order valence-electron chi connectivity index (χ3n) is 5.29. The number of anilines is 1. The molecule has 1 N–H and O–H groups in total. The summed E-state index contributed by atoms with van der Waals surface area (Å²) in [7, 11) is 0. The Kier molecular flexibility index (Phi) is 2.92. The van der Waals surface area contributed by atoms with E-state index in [0.29, 0.717) is 12.0 Å². The maximum Gasteiger partial charge on any atom is 0.0896 e. The first kappa shape index (κ1) is 13.1. The van der Waals surface area contributed by atoms with Gasteiger partial charge < -0.3 is 10.1 Å². The van der Waals surface area contributed by atoms with Crippen LogP contribution in [0.4, 0.5) is 5.69 Å². The average molecular weight is 301 g/mol. The molecule has 23 heavy (non-hydrogen) atoms. The molecule has 2 aliphatic rings. The predicted octanol–water partition coefficient (Wildman–Crippen LogP) is 5.08. The van der Waals surface area contributed by atoms with Crippen LogP contribution in [0.2, 0.25) is 0 Å². The van der Waals surface area contributed by atoms with Gasteiger partial charge in [0, 0.05) is 29.2 Å². The number of benzene rings is 3. The molecule has 2 heteroatoms. The van der Waals surface area contributed by atoms with Crippen LogP contribution in [0, 0.1) is 5.92 Å². The summed E-state index contributed by atoms with van der Waals surface area (Å²) in [5.41, 5.74) is 3.92. The van der Waals surface area contributed by atoms with Crippen molar-refractivity contribution in [3.8, 4) is 0 Å². The normalized spacial score (nSPS) is 25.7. The van der Waals surface area contributed by atoms with Gasteiger partial charge in [-0.05, 0) is 17.4 Å². The van der Waals surface area contributed by atoms with Gasteiger partial charge in [-0.1, -0.05) is 66.7 Å². The van der Waals surface area contributed by atoms with Gasteiger partial charge >= 0.3 is 0 Å². The smallest absolute Gasteiger partial charge is 0.0896 e. The maximum absolute atomic E-state index is 6.14. The van der Waals surface area contributed by atoms with Crippen LogP contribution in [0.3, 0.4) is 0 Å². The fourth-order valence-corrected chi connectivity index (χ4v) is 4.21. The van der Waals surface area contributed by atoms with Crippen LogP contribution in [0.25, 0.3) is 10.8 Å². The van der Waals surface area contributed by atoms with Crippen molar-refractivity contribution in [3.05, 3.63) is 77.9 Å². The summed E-state index contributed by atoms with van der Waals surface area (Å²) in [5.74, 6) is 0.506. The molecule has 114 valence electrons. The van der Waals surface area contributed by atoms with Crippen molar-refractivity contribution in [3.63, 3.8) is 0 Å². The van der Waals surface area contributed by atoms with Gasteiger partial charge in [0.05, 0.1) is 12.1 Å². The average Bonchev–Trinajstić information content (AvgIpc) is 3.11. The van der Waals surface area contributed by atoms with Crippen LogP contribution in [-0.4, -0.2) is 6.61 Å². The molecule has 0 aromatic heterocycles. The van der Waals surface area contributed by atoms with Crippen molar-refractivity contribution in [2.45, 2.75) is 18.6 Å². The Bertz CT molecular complexity index is 858. The second-order valence-corrected chi connectivity index (χ2v) is 6.53. The van der Waals surface area contributed by atoms with E-state index in [1.807, 2.05) is 0 Å². The lowest BCUT2D eigenvalue weighted by Crippen LogP contribution is -2.29. The first-order valence-corrected chi connectivity index (χ1v) is 8.36. The molecule has 0 amide bonds. The van der Waals surface area contributed by atoms with E-state index < -0.39 is 0 Å². The lowest BCUT2D eigenvalue weighted by molar-refractivity contribution is 0.0831. The fourth-order valence-electron chi connectivity index (χ4n) is 4.21. The van der Waals surface area contributed by atoms with Gasteiger partial charge in [-0.15, -0.1) is 0 Å². The summed E-state index contributed by atoms with van der Waals surface area (Å²) in [6.45, 7) is 0.854. The van der Waals surface area contributed by atoms with Crippen molar-refractivity contribution in [2.24, 2.45) is 5.92 Å². The quantitative estimate of drug-likeness (QED) is 0.676. The largest absolute Gasteiger partial charge is 0.377 e. The third kappa shape index (κ3) is 1.98. The first-order chi connectivity index (χ1) is 11.4. The Balaban J connectivity index is 1.71. The van der Waals surface area contributed by atoms with Crippen LogP contribution >= 0.6 is 0 Å². The lowest BCUT2D eigenvalue weighted by atomic mass is 9.80. The van der Waals surface area contributed by atoms with Gasteiger partial charge in [-0.3, -0.25) is 0 Å². The van der Waals surface area contributed by atoms with E-state index >= 15 is 0 Å². The topological polar surface area (TPSA) is 21.3 Å². The van der Waals surface area contributed by atoms with Crippen molar-refractivity contribution >= 4 is 16.5 Å². The molecular formula is C21H19NO. The molecule has 1 fully saturated rings. The minimum atomic E-state index is 0.209. The van der Waals surface area contributed by atoms with Crippen LogP contribution in [0.15, 0.2) is 66.7 Å². The second-order valence-electron chi connectivity index (χ2n) is 6.53. The van der Waals surface area contributed by atoms with Gasteiger partial charge in [0.2, 0.25) is 0 Å². The Morgan fingerprint density at radius 3 is 2.61 bits per heavy atom. The maximum atomic E-state index is 6.14. The number of rotatable bonds is 1. The van der Waals surface area contributed by atoms with Crippen LogP contribution in [-0.2, 0) is 4.74 Å². The third-order valence-corrected chi connectivity index (χ3v) is 5.29. The van der Waals surface area contributed by atoms with Gasteiger partial charge in [0.1, 0.15) is 0 Å². The molecule has 0 saturated carbocycles. The molecule has 0 spiro atoms. The number of hydrogen-bond acceptors (Lipinski definition) is 2. The van der Waals surface area contributed by atoms with E-state index in [0.717, 1.165) is 13.0 Å². The predicted molar refractivity (Wildman–Crippen MR) is 93.6 cm³/mol. The first-order valence-electron chi connectivity index (χ1n) is 8.36. The number of ether oxygens (including phenoxy) is 1. The summed E-state index contributed by atoms with van der Waals surface area (Å²) in [4.78, 5) is 0. The Morgan fingerprint density at radius 2 is 1.70 bits per heavy atom. The molecule has 0 aliphatic carbocycles. The molecule has 0 bridgehead atoms. The molecule has 2 nitrogen and oxygen atoms in total. The molecule has 0 unspecified atom stereocenters. The molecule has 5 rings (SSSR count). The summed E-state index contributed by atoms with van der Waals surface area (Å²) >= 11 is 0. The molecule has 0 radical (unpaired) electrons.